The minimum Gasteiger partial charge on any atom is -0.469 e. The summed E-state index contributed by atoms with van der Waals surface area (Å²) in [4.78, 5) is 10.9. The number of carbonyl (C=O) groups excluding carboxylic acids is 1. The fourth-order valence-electron chi connectivity index (χ4n) is 1.27. The van der Waals surface area contributed by atoms with Gasteiger partial charge in [0.15, 0.2) is 0 Å². The molecule has 1 aliphatic rings. The van der Waals surface area contributed by atoms with Gasteiger partial charge in [-0.2, -0.15) is 0 Å². The van der Waals surface area contributed by atoms with Crippen molar-refractivity contribution in [1.29, 1.82) is 0 Å². The highest BCUT2D eigenvalue weighted by Crippen LogP contribution is 2.41. The Kier molecular flexibility index (Phi) is 1.94. The second-order valence-corrected chi connectivity index (χ2v) is 2.61. The molecule has 0 N–H and O–H groups in total. The lowest BCUT2D eigenvalue weighted by Crippen LogP contribution is -2.07. The summed E-state index contributed by atoms with van der Waals surface area (Å²) < 4.78 is 9.57. The Balaban J connectivity index is 2.40. The van der Waals surface area contributed by atoms with Crippen molar-refractivity contribution < 1.29 is 14.3 Å². The van der Waals surface area contributed by atoms with Crippen LogP contribution in [0, 0.1) is 11.8 Å². The Hall–Kier alpha value is -0.570. The maximum absolute atomic E-state index is 10.9. The lowest BCUT2D eigenvalue weighted by Gasteiger charge is -1.94. The van der Waals surface area contributed by atoms with Gasteiger partial charge in [-0.15, -0.1) is 0 Å². The molecule has 0 aromatic heterocycles. The molecule has 0 heterocycles. The zero-order chi connectivity index (χ0) is 7.72. The quantitative estimate of drug-likeness (QED) is 0.527. The van der Waals surface area contributed by atoms with Crippen molar-refractivity contribution in [3.8, 4) is 0 Å². The number of ether oxygens (including phenoxy) is 2. The molecule has 58 valence electrons. The molecule has 0 aliphatic heterocycles. The van der Waals surface area contributed by atoms with E-state index in [2.05, 4.69) is 4.74 Å². The van der Waals surface area contributed by atoms with Gasteiger partial charge in [-0.05, 0) is 5.92 Å². The number of methoxy groups -OCH3 is 2. The molecule has 3 heteroatoms. The predicted molar refractivity (Wildman–Crippen MR) is 35.5 cm³/mol. The summed E-state index contributed by atoms with van der Waals surface area (Å²) in [5.74, 6) is 0.159. The number of hydrogen-bond donors (Lipinski definition) is 0. The lowest BCUT2D eigenvalue weighted by atomic mass is 10.3. The smallest absolute Gasteiger partial charge is 0.311 e. The van der Waals surface area contributed by atoms with Gasteiger partial charge < -0.3 is 9.47 Å². The predicted octanol–water partition coefficient (Wildman–Crippen LogP) is 0.440. The molecule has 1 fully saturated rings. The normalized spacial score (nSPS) is 37.3. The fourth-order valence-corrected chi connectivity index (χ4v) is 1.27. The minimum absolute atomic E-state index is 0.0185. The molecule has 10 heavy (non-hydrogen) atoms. The zero-order valence-electron chi connectivity index (χ0n) is 6.46. The molecule has 3 atom stereocenters. The highest BCUT2D eigenvalue weighted by molar-refractivity contribution is 5.76. The molecule has 1 saturated carbocycles. The van der Waals surface area contributed by atoms with Crippen LogP contribution in [-0.4, -0.2) is 26.3 Å². The average molecular weight is 144 g/mol. The molecule has 0 saturated heterocycles. The van der Waals surface area contributed by atoms with Crippen LogP contribution in [0.5, 0.6) is 0 Å². The first kappa shape index (κ1) is 7.54. The first-order valence-corrected chi connectivity index (χ1v) is 3.33. The Labute approximate surface area is 60.3 Å². The summed E-state index contributed by atoms with van der Waals surface area (Å²) in [6.07, 6.45) is 0.0902. The molecule has 0 spiro atoms. The van der Waals surface area contributed by atoms with Gasteiger partial charge in [0.05, 0.1) is 19.1 Å². The van der Waals surface area contributed by atoms with Crippen LogP contribution in [0.1, 0.15) is 6.92 Å². The Bertz CT molecular complexity index is 144. The third-order valence-corrected chi connectivity index (χ3v) is 2.04. The van der Waals surface area contributed by atoms with Gasteiger partial charge in [-0.25, -0.2) is 0 Å². The molecule has 0 bridgehead atoms. The molecule has 0 radical (unpaired) electrons. The molecule has 0 aromatic carbocycles. The van der Waals surface area contributed by atoms with E-state index in [4.69, 9.17) is 4.74 Å². The van der Waals surface area contributed by atoms with Crippen molar-refractivity contribution in [3.05, 3.63) is 0 Å². The van der Waals surface area contributed by atoms with Gasteiger partial charge in [0.25, 0.3) is 0 Å². The van der Waals surface area contributed by atoms with E-state index in [0.717, 1.165) is 0 Å². The molecule has 0 amide bonds. The van der Waals surface area contributed by atoms with E-state index in [1.54, 1.807) is 7.11 Å². The molecule has 3 unspecified atom stereocenters. The van der Waals surface area contributed by atoms with Crippen molar-refractivity contribution in [1.82, 2.24) is 0 Å². The van der Waals surface area contributed by atoms with Crippen LogP contribution in [0.25, 0.3) is 0 Å². The molecular formula is C7H12O3. The SMILES string of the molecule is COC(=O)C1C(C)C1OC. The third kappa shape index (κ3) is 1.01. The number of rotatable bonds is 2. The average Bonchev–Trinajstić information content (AvgIpc) is 2.59. The topological polar surface area (TPSA) is 35.5 Å². The second-order valence-electron chi connectivity index (χ2n) is 2.61. The van der Waals surface area contributed by atoms with E-state index in [1.807, 2.05) is 6.92 Å². The summed E-state index contributed by atoms with van der Waals surface area (Å²) in [7, 11) is 3.02. The van der Waals surface area contributed by atoms with Crippen molar-refractivity contribution in [2.75, 3.05) is 14.2 Å². The van der Waals surface area contributed by atoms with Crippen LogP contribution < -0.4 is 0 Å². The monoisotopic (exact) mass is 144 g/mol. The second kappa shape index (κ2) is 2.58. The Morgan fingerprint density at radius 1 is 1.40 bits per heavy atom. The van der Waals surface area contributed by atoms with Crippen molar-refractivity contribution in [2.24, 2.45) is 11.8 Å². The standard InChI is InChI=1S/C7H12O3/c1-4-5(6(4)9-2)7(8)10-3/h4-6H,1-3H3. The van der Waals surface area contributed by atoms with Gasteiger partial charge in [0.2, 0.25) is 0 Å². The summed E-state index contributed by atoms with van der Waals surface area (Å²) in [6, 6.07) is 0. The first-order chi connectivity index (χ1) is 4.72. The van der Waals surface area contributed by atoms with Crippen molar-refractivity contribution >= 4 is 5.97 Å². The van der Waals surface area contributed by atoms with Gasteiger partial charge in [0.1, 0.15) is 0 Å². The fraction of sp³-hybridized carbons (Fsp3) is 0.857. The molecule has 1 aliphatic carbocycles. The van der Waals surface area contributed by atoms with Gasteiger partial charge in [0, 0.05) is 7.11 Å². The van der Waals surface area contributed by atoms with E-state index in [-0.39, 0.29) is 18.0 Å². The number of carbonyl (C=O) groups is 1. The van der Waals surface area contributed by atoms with Crippen LogP contribution in [-0.2, 0) is 14.3 Å². The minimum atomic E-state index is -0.153. The van der Waals surface area contributed by atoms with Crippen LogP contribution in [0.2, 0.25) is 0 Å². The highest BCUT2D eigenvalue weighted by atomic mass is 16.5. The molecule has 0 aromatic rings. The highest BCUT2D eigenvalue weighted by Gasteiger charge is 2.53. The van der Waals surface area contributed by atoms with Crippen molar-refractivity contribution in [3.63, 3.8) is 0 Å². The van der Waals surface area contributed by atoms with Gasteiger partial charge in [-0.1, -0.05) is 6.92 Å². The van der Waals surface area contributed by atoms with Crippen LogP contribution >= 0.6 is 0 Å². The molecule has 3 nitrogen and oxygen atoms in total. The van der Waals surface area contributed by atoms with E-state index in [9.17, 15) is 4.79 Å². The number of esters is 1. The molecule has 1 rings (SSSR count). The van der Waals surface area contributed by atoms with Crippen LogP contribution in [0.15, 0.2) is 0 Å². The summed E-state index contributed by atoms with van der Waals surface area (Å²) >= 11 is 0. The van der Waals surface area contributed by atoms with Crippen molar-refractivity contribution in [2.45, 2.75) is 13.0 Å². The van der Waals surface area contributed by atoms with E-state index < -0.39 is 0 Å². The summed E-state index contributed by atoms with van der Waals surface area (Å²) in [5.41, 5.74) is 0. The summed E-state index contributed by atoms with van der Waals surface area (Å²) in [6.45, 7) is 1.98. The zero-order valence-corrected chi connectivity index (χ0v) is 6.46. The number of hydrogen-bond acceptors (Lipinski definition) is 3. The first-order valence-electron chi connectivity index (χ1n) is 3.33. The van der Waals surface area contributed by atoms with E-state index in [1.165, 1.54) is 7.11 Å². The van der Waals surface area contributed by atoms with Crippen LogP contribution in [0.3, 0.4) is 0 Å². The molecular weight excluding hydrogens is 132 g/mol. The maximum atomic E-state index is 10.9. The van der Waals surface area contributed by atoms with Gasteiger partial charge >= 0.3 is 5.97 Å². The van der Waals surface area contributed by atoms with E-state index >= 15 is 0 Å². The maximum Gasteiger partial charge on any atom is 0.311 e. The largest absolute Gasteiger partial charge is 0.469 e. The van der Waals surface area contributed by atoms with E-state index in [0.29, 0.717) is 5.92 Å². The summed E-state index contributed by atoms with van der Waals surface area (Å²) in [5, 5.41) is 0. The Morgan fingerprint density at radius 2 is 2.00 bits per heavy atom. The van der Waals surface area contributed by atoms with Gasteiger partial charge in [-0.3, -0.25) is 4.79 Å². The van der Waals surface area contributed by atoms with Crippen LogP contribution in [0.4, 0.5) is 0 Å². The lowest BCUT2D eigenvalue weighted by molar-refractivity contribution is -0.143. The third-order valence-electron chi connectivity index (χ3n) is 2.04. The Morgan fingerprint density at radius 3 is 2.30 bits per heavy atom.